The molecule has 1 unspecified atom stereocenters. The number of aliphatic carboxylic acids is 1. The Balaban J connectivity index is 2.98. The average Bonchev–Trinajstić information content (AvgIpc) is 2.29. The van der Waals surface area contributed by atoms with Crippen LogP contribution < -0.4 is 4.90 Å². The fourth-order valence-electron chi connectivity index (χ4n) is 2.22. The molecule has 1 aromatic carbocycles. The molecule has 0 aromatic heterocycles. The van der Waals surface area contributed by atoms with Gasteiger partial charge in [0, 0.05) is 11.7 Å². The molecule has 1 atom stereocenters. The monoisotopic (exact) mass is 235 g/mol. The van der Waals surface area contributed by atoms with Crippen LogP contribution in [0.5, 0.6) is 0 Å². The zero-order valence-electron chi connectivity index (χ0n) is 10.8. The first-order valence-electron chi connectivity index (χ1n) is 6.09. The normalized spacial score (nSPS) is 12.5. The molecule has 0 heterocycles. The first kappa shape index (κ1) is 13.6. The minimum absolute atomic E-state index is 0.0562. The second kappa shape index (κ2) is 6.28. The minimum Gasteiger partial charge on any atom is -0.480 e. The van der Waals surface area contributed by atoms with Crippen molar-refractivity contribution in [3.63, 3.8) is 0 Å². The van der Waals surface area contributed by atoms with E-state index >= 15 is 0 Å². The van der Waals surface area contributed by atoms with E-state index in [1.165, 1.54) is 0 Å². The van der Waals surface area contributed by atoms with Crippen LogP contribution in [0.15, 0.2) is 30.3 Å². The molecular weight excluding hydrogens is 214 g/mol. The standard InChI is InChI=1S/C14H21NO2/c1-4-13(11(2)3)15(10-14(16)17)12-8-6-5-7-9-12/h5-9,11,13H,4,10H2,1-3H3,(H,16,17). The second-order valence-corrected chi connectivity index (χ2v) is 4.58. The van der Waals surface area contributed by atoms with Gasteiger partial charge in [0.15, 0.2) is 0 Å². The Hall–Kier alpha value is -1.51. The fraction of sp³-hybridized carbons (Fsp3) is 0.500. The quantitative estimate of drug-likeness (QED) is 0.824. The molecule has 0 spiro atoms. The van der Waals surface area contributed by atoms with Crippen LogP contribution in [-0.2, 0) is 4.79 Å². The van der Waals surface area contributed by atoms with Crippen molar-refractivity contribution in [2.75, 3.05) is 11.4 Å². The Labute approximate surface area is 103 Å². The molecule has 0 amide bonds. The van der Waals surface area contributed by atoms with Gasteiger partial charge in [-0.1, -0.05) is 39.0 Å². The molecule has 94 valence electrons. The molecule has 1 rings (SSSR count). The average molecular weight is 235 g/mol. The lowest BCUT2D eigenvalue weighted by Crippen LogP contribution is -2.42. The maximum Gasteiger partial charge on any atom is 0.323 e. The molecule has 0 aliphatic carbocycles. The number of benzene rings is 1. The number of para-hydroxylation sites is 1. The third-order valence-corrected chi connectivity index (χ3v) is 2.98. The van der Waals surface area contributed by atoms with Gasteiger partial charge in [-0.25, -0.2) is 0 Å². The molecular formula is C14H21NO2. The summed E-state index contributed by atoms with van der Waals surface area (Å²) in [6.07, 6.45) is 0.944. The maximum absolute atomic E-state index is 11.0. The molecule has 0 aliphatic heterocycles. The van der Waals surface area contributed by atoms with Gasteiger partial charge in [0.2, 0.25) is 0 Å². The summed E-state index contributed by atoms with van der Waals surface area (Å²) in [5, 5.41) is 9.03. The van der Waals surface area contributed by atoms with Crippen LogP contribution in [0.4, 0.5) is 5.69 Å². The van der Waals surface area contributed by atoms with Crippen molar-refractivity contribution in [2.24, 2.45) is 5.92 Å². The van der Waals surface area contributed by atoms with Crippen molar-refractivity contribution in [3.8, 4) is 0 Å². The van der Waals surface area contributed by atoms with Gasteiger partial charge in [-0.15, -0.1) is 0 Å². The smallest absolute Gasteiger partial charge is 0.323 e. The Morgan fingerprint density at radius 2 is 1.88 bits per heavy atom. The van der Waals surface area contributed by atoms with Gasteiger partial charge in [0.1, 0.15) is 6.54 Å². The van der Waals surface area contributed by atoms with Crippen molar-refractivity contribution in [1.82, 2.24) is 0 Å². The topological polar surface area (TPSA) is 40.5 Å². The SMILES string of the molecule is CCC(C(C)C)N(CC(=O)O)c1ccccc1. The largest absolute Gasteiger partial charge is 0.480 e. The molecule has 1 aromatic rings. The highest BCUT2D eigenvalue weighted by atomic mass is 16.4. The number of hydrogen-bond donors (Lipinski definition) is 1. The number of nitrogens with zero attached hydrogens (tertiary/aromatic N) is 1. The van der Waals surface area contributed by atoms with E-state index in [9.17, 15) is 4.79 Å². The van der Waals surface area contributed by atoms with E-state index in [-0.39, 0.29) is 12.6 Å². The van der Waals surface area contributed by atoms with Crippen molar-refractivity contribution in [3.05, 3.63) is 30.3 Å². The van der Waals surface area contributed by atoms with Crippen LogP contribution in [0.3, 0.4) is 0 Å². The first-order chi connectivity index (χ1) is 8.06. The van der Waals surface area contributed by atoms with Gasteiger partial charge in [-0.2, -0.15) is 0 Å². The van der Waals surface area contributed by atoms with Crippen LogP contribution in [0.1, 0.15) is 27.2 Å². The fourth-order valence-corrected chi connectivity index (χ4v) is 2.22. The van der Waals surface area contributed by atoms with Crippen LogP contribution >= 0.6 is 0 Å². The Morgan fingerprint density at radius 1 is 1.29 bits per heavy atom. The third-order valence-electron chi connectivity index (χ3n) is 2.98. The summed E-state index contributed by atoms with van der Waals surface area (Å²) in [5.74, 6) is -0.354. The van der Waals surface area contributed by atoms with E-state index in [4.69, 9.17) is 5.11 Å². The van der Waals surface area contributed by atoms with Crippen LogP contribution in [0.2, 0.25) is 0 Å². The van der Waals surface area contributed by atoms with Gasteiger partial charge in [-0.3, -0.25) is 4.79 Å². The highest BCUT2D eigenvalue weighted by molar-refractivity contribution is 5.74. The van der Waals surface area contributed by atoms with Crippen molar-refractivity contribution >= 4 is 11.7 Å². The van der Waals surface area contributed by atoms with E-state index in [0.29, 0.717) is 5.92 Å². The van der Waals surface area contributed by atoms with Crippen molar-refractivity contribution in [1.29, 1.82) is 0 Å². The predicted octanol–water partition coefficient (Wildman–Crippen LogP) is 3.01. The maximum atomic E-state index is 11.0. The summed E-state index contributed by atoms with van der Waals surface area (Å²) in [7, 11) is 0. The van der Waals surface area contributed by atoms with E-state index in [0.717, 1.165) is 12.1 Å². The highest BCUT2D eigenvalue weighted by Gasteiger charge is 2.22. The summed E-state index contributed by atoms with van der Waals surface area (Å²) in [4.78, 5) is 13.0. The molecule has 0 bridgehead atoms. The van der Waals surface area contributed by atoms with E-state index in [1.54, 1.807) is 0 Å². The lowest BCUT2D eigenvalue weighted by molar-refractivity contribution is -0.135. The van der Waals surface area contributed by atoms with Crippen LogP contribution in [-0.4, -0.2) is 23.7 Å². The van der Waals surface area contributed by atoms with Gasteiger partial charge >= 0.3 is 5.97 Å². The van der Waals surface area contributed by atoms with Crippen LogP contribution in [0.25, 0.3) is 0 Å². The predicted molar refractivity (Wildman–Crippen MR) is 70.3 cm³/mol. The van der Waals surface area contributed by atoms with Gasteiger partial charge < -0.3 is 10.0 Å². The number of hydrogen-bond acceptors (Lipinski definition) is 2. The lowest BCUT2D eigenvalue weighted by atomic mass is 9.99. The zero-order chi connectivity index (χ0) is 12.8. The number of carboxylic acid groups (broad SMARTS) is 1. The summed E-state index contributed by atoms with van der Waals surface area (Å²) in [6, 6.07) is 10.0. The Morgan fingerprint density at radius 3 is 2.29 bits per heavy atom. The lowest BCUT2D eigenvalue weighted by Gasteiger charge is -2.34. The molecule has 0 fully saturated rings. The molecule has 3 heteroatoms. The number of anilines is 1. The number of carboxylic acids is 1. The summed E-state index contributed by atoms with van der Waals surface area (Å²) in [5.41, 5.74) is 0.982. The van der Waals surface area contributed by atoms with Crippen molar-refractivity contribution < 1.29 is 9.90 Å². The molecule has 1 N–H and O–H groups in total. The molecule has 0 radical (unpaired) electrons. The van der Waals surface area contributed by atoms with E-state index in [1.807, 2.05) is 35.2 Å². The second-order valence-electron chi connectivity index (χ2n) is 4.58. The Bertz CT molecular complexity index is 348. The van der Waals surface area contributed by atoms with Crippen LogP contribution in [0, 0.1) is 5.92 Å². The first-order valence-corrected chi connectivity index (χ1v) is 6.09. The summed E-state index contributed by atoms with van der Waals surface area (Å²) >= 11 is 0. The molecule has 0 saturated carbocycles. The van der Waals surface area contributed by atoms with Gasteiger partial charge in [0.25, 0.3) is 0 Å². The summed E-state index contributed by atoms with van der Waals surface area (Å²) in [6.45, 7) is 6.42. The van der Waals surface area contributed by atoms with Gasteiger partial charge in [0.05, 0.1) is 0 Å². The van der Waals surface area contributed by atoms with Crippen molar-refractivity contribution in [2.45, 2.75) is 33.2 Å². The highest BCUT2D eigenvalue weighted by Crippen LogP contribution is 2.22. The Kier molecular flexibility index (Phi) is 5.01. The van der Waals surface area contributed by atoms with Gasteiger partial charge in [-0.05, 0) is 24.5 Å². The van der Waals surface area contributed by atoms with E-state index < -0.39 is 5.97 Å². The minimum atomic E-state index is -0.784. The molecule has 3 nitrogen and oxygen atoms in total. The molecule has 0 saturated heterocycles. The summed E-state index contributed by atoms with van der Waals surface area (Å²) < 4.78 is 0. The number of carbonyl (C=O) groups is 1. The molecule has 17 heavy (non-hydrogen) atoms. The van der Waals surface area contributed by atoms with E-state index in [2.05, 4.69) is 20.8 Å². The molecule has 0 aliphatic rings. The zero-order valence-corrected chi connectivity index (χ0v) is 10.8. The number of rotatable bonds is 6. The third kappa shape index (κ3) is 3.77.